The van der Waals surface area contributed by atoms with Crippen molar-refractivity contribution in [3.05, 3.63) is 386 Å². The van der Waals surface area contributed by atoms with Crippen molar-refractivity contribution in [1.29, 1.82) is 0 Å². The molecular weight excluding hydrogens is 1670 g/mol. The maximum atomic E-state index is 12.2. The molecule has 0 aliphatic rings. The fourth-order valence-corrected chi connectivity index (χ4v) is 12.1. The predicted octanol–water partition coefficient (Wildman–Crippen LogP) is 20.7. The number of carbonyl (C=O) groups is 3. The first-order valence-corrected chi connectivity index (χ1v) is 35.5. The van der Waals surface area contributed by atoms with Crippen molar-refractivity contribution in [2.24, 2.45) is 0 Å². The number of nitro groups is 12. The third kappa shape index (κ3) is 20.1. The van der Waals surface area contributed by atoms with Gasteiger partial charge in [0.2, 0.25) is 5.69 Å². The lowest BCUT2D eigenvalue weighted by Crippen LogP contribution is -2.15. The van der Waals surface area contributed by atoms with Crippen molar-refractivity contribution >= 4 is 137 Å². The molecule has 0 aliphatic heterocycles. The Morgan fingerprint density at radius 1 is 0.262 bits per heavy atom. The Balaban J connectivity index is 0.000000198. The summed E-state index contributed by atoms with van der Waals surface area (Å²) in [5.41, 5.74) is -8.35. The molecule has 0 aliphatic carbocycles. The topological polar surface area (TPSA) is 616 Å². The van der Waals surface area contributed by atoms with Crippen LogP contribution in [0.2, 0.25) is 0 Å². The molecule has 0 heterocycles. The van der Waals surface area contributed by atoms with Gasteiger partial charge in [0.05, 0.1) is 132 Å². The van der Waals surface area contributed by atoms with Crippen LogP contribution in [0.5, 0.6) is 40.2 Å². The summed E-state index contributed by atoms with van der Waals surface area (Å²) in [7, 11) is 1.51. The lowest BCUT2D eigenvalue weighted by molar-refractivity contribution is -0.404. The van der Waals surface area contributed by atoms with Gasteiger partial charge in [-0.15, -0.1) is 0 Å². The fraction of sp³-hybridized carbons (Fsp3) is 0.0625. The summed E-state index contributed by atoms with van der Waals surface area (Å²) in [4.78, 5) is 168. The van der Waals surface area contributed by atoms with Crippen molar-refractivity contribution < 1.29 is 92.4 Å². The largest absolute Gasteiger partial charge is 0.497 e. The molecule has 0 amide bonds. The number of nitro benzene ring substituents is 12. The van der Waals surface area contributed by atoms with E-state index >= 15 is 0 Å². The Morgan fingerprint density at radius 3 is 0.690 bits per heavy atom. The Labute approximate surface area is 702 Å². The molecule has 126 heavy (non-hydrogen) atoms. The van der Waals surface area contributed by atoms with Gasteiger partial charge in [0, 0.05) is 45.1 Å². The highest BCUT2D eigenvalue weighted by Crippen LogP contribution is 2.54. The van der Waals surface area contributed by atoms with Crippen LogP contribution in [0.25, 0.3) is 0 Å². The molecule has 0 radical (unpaired) electrons. The minimum Gasteiger partial charge on any atom is -0.497 e. The second-order valence-electron chi connectivity index (χ2n) is 25.9. The van der Waals surface area contributed by atoms with E-state index in [0.29, 0.717) is 99.5 Å². The Bertz CT molecular complexity index is 6340. The van der Waals surface area contributed by atoms with Crippen LogP contribution < -0.4 is 33.6 Å². The second kappa shape index (κ2) is 38.2. The quantitative estimate of drug-likeness (QED) is 0.0221. The van der Waals surface area contributed by atoms with E-state index < -0.39 is 162 Å². The average Bonchev–Trinajstić information content (AvgIpc) is 0.755. The number of methoxy groups -OCH3 is 1. The smallest absolute Gasteiger partial charge is 0.325 e. The van der Waals surface area contributed by atoms with Gasteiger partial charge < -0.3 is 28.7 Å². The molecule has 0 N–H and O–H groups in total. The first kappa shape index (κ1) is 89.4. The van der Waals surface area contributed by atoms with Crippen LogP contribution in [0.4, 0.5) is 119 Å². The number of carbonyl (C=O) groups excluding carboxylic acids is 3. The van der Waals surface area contributed by atoms with E-state index in [2.05, 4.69) is 0 Å². The van der Waals surface area contributed by atoms with Crippen LogP contribution in [0.3, 0.4) is 0 Å². The number of Topliss-reactive ketones (excluding diaryl/α,β-unsaturated/α-hetero) is 3. The molecule has 46 heteroatoms. The van der Waals surface area contributed by atoms with E-state index in [4.69, 9.17) is 18.9 Å². The van der Waals surface area contributed by atoms with E-state index in [1.54, 1.807) is 119 Å². The van der Waals surface area contributed by atoms with Gasteiger partial charge in [0.25, 0.3) is 40.0 Å². The van der Waals surface area contributed by atoms with Gasteiger partial charge in [-0.3, -0.25) is 141 Å². The lowest BCUT2D eigenvalue weighted by atomic mass is 10.1. The zero-order valence-corrected chi connectivity index (χ0v) is 65.0. The van der Waals surface area contributed by atoms with Gasteiger partial charge >= 0.3 is 45.5 Å². The number of anilines is 9. The number of rotatable bonds is 31. The minimum absolute atomic E-state index is 0.00812. The number of hydrogen-bond acceptors (Lipinski definition) is 34. The van der Waals surface area contributed by atoms with Crippen molar-refractivity contribution in [1.82, 2.24) is 0 Å². The Kier molecular flexibility index (Phi) is 27.1. The van der Waals surface area contributed by atoms with E-state index in [-0.39, 0.29) is 40.0 Å². The average molecular weight is 1720 g/mol. The Morgan fingerprint density at radius 2 is 0.468 bits per heavy atom. The first-order valence-electron chi connectivity index (χ1n) is 35.5. The number of ketones is 3. The molecule has 0 saturated carbocycles. The summed E-state index contributed by atoms with van der Waals surface area (Å²) in [5.74, 6) is -3.26. The van der Waals surface area contributed by atoms with Crippen LogP contribution in [-0.2, 0) is 0 Å². The lowest BCUT2D eigenvalue weighted by Gasteiger charge is -2.27. The summed E-state index contributed by atoms with van der Waals surface area (Å²) in [6, 6.07) is 54.2. The maximum Gasteiger partial charge on any atom is 0.325 e. The van der Waals surface area contributed by atoms with Gasteiger partial charge in [-0.25, -0.2) is 0 Å². The normalized spacial score (nSPS) is 10.5. The SMILES string of the molecule is CC(=O)c1ccc(N(c2ccc(C)cc2)c2ccccc2Oc2c([N+](=O)[O-])cc([N+](=O)[O-])cc2[N+](=O)[O-])cc1.CC(=O)c1ccc(N(c2ccccc2Oc2c([N+](=O)[O-])cc([N+](=O)[O-])cc2[N+](=O)[O-])c2c([N+](=O)[O-])cc([N+](=O)[O-])cc2[N+](=O)[O-])cc1.COc1ccc(N(c2ccc(C(C)=O)cc2)c2ccccc2Oc2c([N+](=O)[O-])cc([N+](=O)[O-])cc2[N+](=O)[O-])cc1. The third-order valence-electron chi connectivity index (χ3n) is 18.0. The molecule has 12 aromatic carbocycles. The van der Waals surface area contributed by atoms with Gasteiger partial charge in [-0.2, -0.15) is 0 Å². The molecule has 12 rings (SSSR count). The Hall–Kier alpha value is -18.9. The highest BCUT2D eigenvalue weighted by atomic mass is 16.7. The molecule has 636 valence electrons. The number of ether oxygens (including phenoxy) is 4. The third-order valence-corrected chi connectivity index (χ3v) is 18.0. The molecule has 0 saturated heterocycles. The fourth-order valence-electron chi connectivity index (χ4n) is 12.1. The van der Waals surface area contributed by atoms with Crippen molar-refractivity contribution in [3.8, 4) is 40.2 Å². The molecule has 0 fully saturated rings. The summed E-state index contributed by atoms with van der Waals surface area (Å²) in [6.07, 6.45) is 0. The van der Waals surface area contributed by atoms with Gasteiger partial charge in [0.15, 0.2) is 34.6 Å². The van der Waals surface area contributed by atoms with Crippen molar-refractivity contribution in [2.75, 3.05) is 21.8 Å². The van der Waals surface area contributed by atoms with Gasteiger partial charge in [0.1, 0.15) is 5.75 Å². The van der Waals surface area contributed by atoms with E-state index in [1.165, 1.54) is 76.4 Å². The summed E-state index contributed by atoms with van der Waals surface area (Å²) >= 11 is 0. The van der Waals surface area contributed by atoms with Crippen LogP contribution in [0.15, 0.2) is 243 Å². The predicted molar refractivity (Wildman–Crippen MR) is 444 cm³/mol. The molecule has 0 bridgehead atoms. The standard InChI is InChI=1S/C27H20N4O9.C27H20N4O8.C26H15N7O14/c1-17(32)18-7-9-19(10-8-18)28(20-11-13-22(39-2)14-12-20)23-5-3-4-6-26(23)40-27-24(30(35)36)15-21(29(33)34)16-25(27)31(37)38;1-17-7-11-20(12-8-17)28(21-13-9-19(10-14-21)18(2)32)23-5-3-4-6-26(23)39-27-24(30(35)36)15-22(29(33)34)16-25(27)31(37)38;1-14(34)15-6-8-16(9-7-15)27(25-20(30(39)40)10-17(28(35)36)11-21(25)31(41)42)19-4-2-3-5-24(19)47-26-22(32(43)44)12-18(29(37)38)13-23(26)33(45)46/h3-16H,1-2H3;3-16H,1-2H3;2-13H,1H3. The summed E-state index contributed by atoms with van der Waals surface area (Å²) in [6.45, 7) is 6.02. The maximum absolute atomic E-state index is 12.2. The van der Waals surface area contributed by atoms with Crippen LogP contribution >= 0.6 is 0 Å². The number of benzene rings is 12. The monoisotopic (exact) mass is 1720 g/mol. The number of aryl methyl sites for hydroxylation is 1. The van der Waals surface area contributed by atoms with Crippen LogP contribution in [-0.4, -0.2) is 83.5 Å². The first-order chi connectivity index (χ1) is 59.8. The van der Waals surface area contributed by atoms with Crippen molar-refractivity contribution in [3.63, 3.8) is 0 Å². The number of non-ortho nitro benzene ring substituents is 4. The van der Waals surface area contributed by atoms with Gasteiger partial charge in [-0.1, -0.05) is 54.1 Å². The highest BCUT2D eigenvalue weighted by Gasteiger charge is 2.41. The minimum atomic E-state index is -1.22. The molecule has 0 unspecified atom stereocenters. The number of para-hydroxylation sites is 6. The number of hydrogen-bond donors (Lipinski definition) is 0. The molecule has 46 nitrogen and oxygen atoms in total. The van der Waals surface area contributed by atoms with Crippen LogP contribution in [0, 0.1) is 128 Å². The second-order valence-corrected chi connectivity index (χ2v) is 25.9. The van der Waals surface area contributed by atoms with E-state index in [0.717, 1.165) is 22.6 Å². The molecule has 0 atom stereocenters. The summed E-state index contributed by atoms with van der Waals surface area (Å²) < 4.78 is 22.5. The molecule has 0 spiro atoms. The van der Waals surface area contributed by atoms with Crippen molar-refractivity contribution in [2.45, 2.75) is 27.7 Å². The van der Waals surface area contributed by atoms with E-state index in [9.17, 15) is 136 Å². The van der Waals surface area contributed by atoms with E-state index in [1.807, 2.05) is 31.2 Å². The highest BCUT2D eigenvalue weighted by molar-refractivity contribution is 5.98. The van der Waals surface area contributed by atoms with Gasteiger partial charge in [-0.05, 0) is 173 Å². The molecule has 0 aromatic heterocycles. The zero-order valence-electron chi connectivity index (χ0n) is 65.0. The molecular formula is C80H55N15O31. The van der Waals surface area contributed by atoms with Crippen LogP contribution in [0.1, 0.15) is 57.4 Å². The zero-order chi connectivity index (χ0) is 92.0. The summed E-state index contributed by atoms with van der Waals surface area (Å²) in [5, 5.41) is 141. The number of nitrogens with zero attached hydrogens (tertiary/aromatic N) is 15. The molecule has 12 aromatic rings.